The van der Waals surface area contributed by atoms with E-state index in [9.17, 15) is 9.59 Å². The van der Waals surface area contributed by atoms with E-state index in [0.29, 0.717) is 11.4 Å². The molecular weight excluding hydrogens is 244 g/mol. The second kappa shape index (κ2) is 5.73. The van der Waals surface area contributed by atoms with Crippen LogP contribution in [0.3, 0.4) is 0 Å². The summed E-state index contributed by atoms with van der Waals surface area (Å²) in [5.41, 5.74) is 0.507. The summed E-state index contributed by atoms with van der Waals surface area (Å²) in [6.45, 7) is 3.80. The van der Waals surface area contributed by atoms with E-state index in [0.717, 1.165) is 12.8 Å². The summed E-state index contributed by atoms with van der Waals surface area (Å²) < 4.78 is 5.57. The monoisotopic (exact) mass is 262 g/mol. The smallest absolute Gasteiger partial charge is 0.313 e. The van der Waals surface area contributed by atoms with Crippen LogP contribution < -0.4 is 15.4 Å². The molecule has 5 nitrogen and oxygen atoms in total. The van der Waals surface area contributed by atoms with Crippen LogP contribution in [0.25, 0.3) is 0 Å². The van der Waals surface area contributed by atoms with Crippen LogP contribution in [0, 0.1) is 0 Å². The molecule has 2 N–H and O–H groups in total. The molecule has 1 aliphatic carbocycles. The van der Waals surface area contributed by atoms with Crippen LogP contribution in [0.15, 0.2) is 24.3 Å². The number of rotatable bonds is 4. The fourth-order valence-corrected chi connectivity index (χ4v) is 1.58. The summed E-state index contributed by atoms with van der Waals surface area (Å²) in [5.74, 6) is -0.696. The Kier molecular flexibility index (Phi) is 4.04. The summed E-state index contributed by atoms with van der Waals surface area (Å²) in [6.07, 6.45) is 1.90. The lowest BCUT2D eigenvalue weighted by molar-refractivity contribution is -0.136. The van der Waals surface area contributed by atoms with Gasteiger partial charge >= 0.3 is 11.8 Å². The molecule has 1 aromatic rings. The highest BCUT2D eigenvalue weighted by Crippen LogP contribution is 2.25. The molecule has 1 aliphatic rings. The molecule has 2 amide bonds. The van der Waals surface area contributed by atoms with Gasteiger partial charge in [0.15, 0.2) is 0 Å². The van der Waals surface area contributed by atoms with Crippen molar-refractivity contribution in [1.29, 1.82) is 0 Å². The molecule has 0 bridgehead atoms. The molecule has 1 fully saturated rings. The highest BCUT2D eigenvalue weighted by Gasteiger charge is 2.26. The quantitative estimate of drug-likeness (QED) is 0.811. The normalized spacial score (nSPS) is 14.1. The van der Waals surface area contributed by atoms with Gasteiger partial charge in [-0.3, -0.25) is 9.59 Å². The minimum absolute atomic E-state index is 0.00153. The molecule has 0 saturated heterocycles. The van der Waals surface area contributed by atoms with E-state index in [4.69, 9.17) is 4.74 Å². The third kappa shape index (κ3) is 3.98. The Morgan fingerprint density at radius 3 is 2.53 bits per heavy atom. The topological polar surface area (TPSA) is 67.4 Å². The predicted octanol–water partition coefficient (Wildman–Crippen LogP) is 1.69. The van der Waals surface area contributed by atoms with Crippen molar-refractivity contribution in [3.8, 4) is 5.75 Å². The second-order valence-corrected chi connectivity index (χ2v) is 4.86. The third-order valence-electron chi connectivity index (χ3n) is 2.62. The van der Waals surface area contributed by atoms with Gasteiger partial charge < -0.3 is 15.4 Å². The van der Waals surface area contributed by atoms with Gasteiger partial charge in [-0.2, -0.15) is 0 Å². The standard InChI is InChI=1S/C14H18N2O3/c1-9(2)19-12-6-4-3-5-11(12)16-14(18)13(17)15-10-7-8-10/h3-6,9-10H,7-8H2,1-2H3,(H,15,17)(H,16,18). The van der Waals surface area contributed by atoms with Crippen LogP contribution in [0.4, 0.5) is 5.69 Å². The fraction of sp³-hybridized carbons (Fsp3) is 0.429. The molecule has 0 unspecified atom stereocenters. The number of carbonyl (C=O) groups excluding carboxylic acids is 2. The zero-order valence-electron chi connectivity index (χ0n) is 11.1. The molecule has 102 valence electrons. The molecule has 0 aliphatic heterocycles. The van der Waals surface area contributed by atoms with E-state index in [1.54, 1.807) is 18.2 Å². The van der Waals surface area contributed by atoms with Gasteiger partial charge in [-0.1, -0.05) is 12.1 Å². The summed E-state index contributed by atoms with van der Waals surface area (Å²) in [7, 11) is 0. The van der Waals surface area contributed by atoms with E-state index in [1.165, 1.54) is 0 Å². The van der Waals surface area contributed by atoms with Crippen molar-refractivity contribution in [2.24, 2.45) is 0 Å². The van der Waals surface area contributed by atoms with Gasteiger partial charge in [0.05, 0.1) is 11.8 Å². The highest BCUT2D eigenvalue weighted by molar-refractivity contribution is 6.39. The summed E-state index contributed by atoms with van der Waals surface area (Å²) in [6, 6.07) is 7.23. The average molecular weight is 262 g/mol. The minimum atomic E-state index is -0.660. The lowest BCUT2D eigenvalue weighted by Gasteiger charge is -2.14. The second-order valence-electron chi connectivity index (χ2n) is 4.86. The maximum Gasteiger partial charge on any atom is 0.313 e. The first-order chi connectivity index (χ1) is 9.06. The maximum atomic E-state index is 11.7. The molecule has 1 aromatic carbocycles. The average Bonchev–Trinajstić information content (AvgIpc) is 3.14. The zero-order chi connectivity index (χ0) is 13.8. The lowest BCUT2D eigenvalue weighted by Crippen LogP contribution is -2.36. The fourth-order valence-electron chi connectivity index (χ4n) is 1.58. The largest absolute Gasteiger partial charge is 0.489 e. The van der Waals surface area contributed by atoms with Crippen molar-refractivity contribution in [2.75, 3.05) is 5.32 Å². The molecule has 2 rings (SSSR count). The number of hydrogen-bond donors (Lipinski definition) is 2. The van der Waals surface area contributed by atoms with Crippen molar-refractivity contribution in [2.45, 2.75) is 38.8 Å². The molecular formula is C14H18N2O3. The Labute approximate surface area is 112 Å². The van der Waals surface area contributed by atoms with Crippen LogP contribution in [0.2, 0.25) is 0 Å². The van der Waals surface area contributed by atoms with Gasteiger partial charge in [-0.25, -0.2) is 0 Å². The minimum Gasteiger partial charge on any atom is -0.489 e. The van der Waals surface area contributed by atoms with Gasteiger partial charge in [-0.15, -0.1) is 0 Å². The van der Waals surface area contributed by atoms with Crippen LogP contribution in [-0.4, -0.2) is 24.0 Å². The number of para-hydroxylation sites is 2. The first-order valence-electron chi connectivity index (χ1n) is 6.44. The Balaban J connectivity index is 2.00. The molecule has 5 heteroatoms. The van der Waals surface area contributed by atoms with Gasteiger partial charge in [0.1, 0.15) is 5.75 Å². The molecule has 0 spiro atoms. The molecule has 0 atom stereocenters. The van der Waals surface area contributed by atoms with E-state index in [-0.39, 0.29) is 12.1 Å². The molecule has 19 heavy (non-hydrogen) atoms. The van der Waals surface area contributed by atoms with Gasteiger partial charge in [-0.05, 0) is 38.8 Å². The van der Waals surface area contributed by atoms with Gasteiger partial charge in [0.2, 0.25) is 0 Å². The van der Waals surface area contributed by atoms with Crippen molar-refractivity contribution < 1.29 is 14.3 Å². The molecule has 0 aromatic heterocycles. The Hall–Kier alpha value is -2.04. The van der Waals surface area contributed by atoms with Crippen LogP contribution >= 0.6 is 0 Å². The van der Waals surface area contributed by atoms with Crippen molar-refractivity contribution in [3.63, 3.8) is 0 Å². The zero-order valence-corrected chi connectivity index (χ0v) is 11.1. The number of carbonyl (C=O) groups is 2. The maximum absolute atomic E-state index is 11.7. The van der Waals surface area contributed by atoms with Crippen LogP contribution in [-0.2, 0) is 9.59 Å². The van der Waals surface area contributed by atoms with E-state index in [2.05, 4.69) is 10.6 Å². The van der Waals surface area contributed by atoms with Crippen molar-refractivity contribution in [1.82, 2.24) is 5.32 Å². The Bertz CT molecular complexity index is 481. The summed E-state index contributed by atoms with van der Waals surface area (Å²) >= 11 is 0. The number of hydrogen-bond acceptors (Lipinski definition) is 3. The molecule has 1 saturated carbocycles. The summed E-state index contributed by atoms with van der Waals surface area (Å²) in [4.78, 5) is 23.3. The lowest BCUT2D eigenvalue weighted by atomic mass is 10.3. The van der Waals surface area contributed by atoms with E-state index >= 15 is 0 Å². The van der Waals surface area contributed by atoms with Crippen LogP contribution in [0.5, 0.6) is 5.75 Å². The first-order valence-corrected chi connectivity index (χ1v) is 6.44. The number of benzene rings is 1. The number of nitrogens with one attached hydrogen (secondary N) is 2. The van der Waals surface area contributed by atoms with Crippen molar-refractivity contribution in [3.05, 3.63) is 24.3 Å². The highest BCUT2D eigenvalue weighted by atomic mass is 16.5. The van der Waals surface area contributed by atoms with Gasteiger partial charge in [0, 0.05) is 6.04 Å². The van der Waals surface area contributed by atoms with Crippen LogP contribution in [0.1, 0.15) is 26.7 Å². The molecule has 0 heterocycles. The number of anilines is 1. The third-order valence-corrected chi connectivity index (χ3v) is 2.62. The van der Waals surface area contributed by atoms with Crippen molar-refractivity contribution >= 4 is 17.5 Å². The Morgan fingerprint density at radius 1 is 1.21 bits per heavy atom. The predicted molar refractivity (Wildman–Crippen MR) is 72.0 cm³/mol. The van der Waals surface area contributed by atoms with E-state index < -0.39 is 11.8 Å². The first kappa shape index (κ1) is 13.4. The SMILES string of the molecule is CC(C)Oc1ccccc1NC(=O)C(=O)NC1CC1. The number of amides is 2. The van der Waals surface area contributed by atoms with Gasteiger partial charge in [0.25, 0.3) is 0 Å². The summed E-state index contributed by atoms with van der Waals surface area (Å²) in [5, 5.41) is 5.22. The number of ether oxygens (including phenoxy) is 1. The molecule has 0 radical (unpaired) electrons. The Morgan fingerprint density at radius 2 is 1.89 bits per heavy atom. The van der Waals surface area contributed by atoms with E-state index in [1.807, 2.05) is 19.9 Å².